The summed E-state index contributed by atoms with van der Waals surface area (Å²) in [5.74, 6) is 1.02. The van der Waals surface area contributed by atoms with Crippen molar-refractivity contribution in [1.29, 1.82) is 0 Å². The molecule has 0 spiro atoms. The third-order valence-electron chi connectivity index (χ3n) is 2.91. The first-order valence-corrected chi connectivity index (χ1v) is 7.46. The maximum Gasteiger partial charge on any atom is 0.261 e. The summed E-state index contributed by atoms with van der Waals surface area (Å²) in [5.41, 5.74) is 6.66. The van der Waals surface area contributed by atoms with E-state index in [1.807, 2.05) is 19.9 Å². The molecule has 0 bridgehead atoms. The van der Waals surface area contributed by atoms with Gasteiger partial charge in [-0.25, -0.2) is 0 Å². The van der Waals surface area contributed by atoms with Crippen molar-refractivity contribution in [2.75, 3.05) is 12.3 Å². The van der Waals surface area contributed by atoms with Crippen LogP contribution >= 0.6 is 11.3 Å². The second-order valence-corrected chi connectivity index (χ2v) is 7.08. The van der Waals surface area contributed by atoms with Crippen LogP contribution < -0.4 is 5.73 Å². The first-order chi connectivity index (χ1) is 9.32. The highest BCUT2D eigenvalue weighted by Gasteiger charge is 2.31. The molecule has 20 heavy (non-hydrogen) atoms. The second-order valence-electron chi connectivity index (χ2n) is 5.79. The number of nitrogen functional groups attached to an aromatic ring is 1. The Labute approximate surface area is 123 Å². The summed E-state index contributed by atoms with van der Waals surface area (Å²) in [7, 11) is 0. The minimum atomic E-state index is -0.203. The van der Waals surface area contributed by atoms with Gasteiger partial charge in [0.1, 0.15) is 6.10 Å². The highest BCUT2D eigenvalue weighted by atomic mass is 32.1. The number of hydrogen-bond acceptors (Lipinski definition) is 6. The van der Waals surface area contributed by atoms with Crippen molar-refractivity contribution >= 4 is 16.3 Å². The first kappa shape index (κ1) is 15.0. The normalized spacial score (nSPS) is 13.7. The number of hydrogen-bond donors (Lipinski definition) is 1. The lowest BCUT2D eigenvalue weighted by molar-refractivity contribution is -0.0203. The maximum atomic E-state index is 5.96. The zero-order valence-corrected chi connectivity index (χ0v) is 13.4. The quantitative estimate of drug-likeness (QED) is 0.928. The van der Waals surface area contributed by atoms with Gasteiger partial charge in [-0.05, 0) is 25.3 Å². The van der Waals surface area contributed by atoms with Crippen molar-refractivity contribution in [2.24, 2.45) is 5.41 Å². The fourth-order valence-electron chi connectivity index (χ4n) is 2.03. The van der Waals surface area contributed by atoms with Crippen molar-refractivity contribution in [3.63, 3.8) is 0 Å². The van der Waals surface area contributed by atoms with Crippen LogP contribution in [-0.4, -0.2) is 16.7 Å². The summed E-state index contributed by atoms with van der Waals surface area (Å²) < 4.78 is 11.1. The van der Waals surface area contributed by atoms with E-state index in [-0.39, 0.29) is 11.5 Å². The number of nitrogens with zero attached hydrogens (tertiary/aromatic N) is 2. The topological polar surface area (TPSA) is 74.2 Å². The minimum Gasteiger partial charge on any atom is -0.390 e. The van der Waals surface area contributed by atoms with Crippen molar-refractivity contribution in [2.45, 2.75) is 40.7 Å². The molecule has 1 unspecified atom stereocenters. The van der Waals surface area contributed by atoms with Crippen molar-refractivity contribution in [3.05, 3.63) is 16.8 Å². The highest BCUT2D eigenvalue weighted by Crippen LogP contribution is 2.37. The molecule has 6 heteroatoms. The van der Waals surface area contributed by atoms with Gasteiger partial charge in [0.25, 0.3) is 5.89 Å². The molecule has 110 valence electrons. The monoisotopic (exact) mass is 295 g/mol. The van der Waals surface area contributed by atoms with Gasteiger partial charge in [0.2, 0.25) is 5.82 Å². The van der Waals surface area contributed by atoms with Crippen molar-refractivity contribution in [1.82, 2.24) is 10.1 Å². The van der Waals surface area contributed by atoms with Crippen LogP contribution in [0.2, 0.25) is 0 Å². The molecule has 2 aromatic rings. The number of aromatic nitrogens is 2. The van der Waals surface area contributed by atoms with Crippen LogP contribution in [-0.2, 0) is 4.74 Å². The van der Waals surface area contributed by atoms with E-state index in [1.54, 1.807) is 0 Å². The van der Waals surface area contributed by atoms with E-state index < -0.39 is 0 Å². The standard InChI is InChI=1S/C14H21N3O2S/c1-6-18-10(14(3,4)5)12-16-13(19-17-12)9-7-8(2)20-11(9)15/h7,10H,6,15H2,1-5H3. The Morgan fingerprint density at radius 1 is 1.45 bits per heavy atom. The zero-order chi connectivity index (χ0) is 14.9. The largest absolute Gasteiger partial charge is 0.390 e. The van der Waals surface area contributed by atoms with Gasteiger partial charge in [-0.3, -0.25) is 0 Å². The Morgan fingerprint density at radius 2 is 2.15 bits per heavy atom. The Kier molecular flexibility index (Phi) is 4.15. The third kappa shape index (κ3) is 3.02. The van der Waals surface area contributed by atoms with E-state index in [1.165, 1.54) is 11.3 Å². The number of thiophene rings is 1. The van der Waals surface area contributed by atoms with Gasteiger partial charge in [-0.1, -0.05) is 25.9 Å². The molecular weight excluding hydrogens is 274 g/mol. The van der Waals surface area contributed by atoms with E-state index >= 15 is 0 Å². The van der Waals surface area contributed by atoms with Crippen LogP contribution in [0, 0.1) is 12.3 Å². The van der Waals surface area contributed by atoms with Crippen LogP contribution in [0.5, 0.6) is 0 Å². The SMILES string of the molecule is CCOC(c1noc(-c2cc(C)sc2N)n1)C(C)(C)C. The molecule has 0 aliphatic heterocycles. The van der Waals surface area contributed by atoms with E-state index in [0.717, 1.165) is 10.4 Å². The maximum absolute atomic E-state index is 5.96. The van der Waals surface area contributed by atoms with Gasteiger partial charge in [0.15, 0.2) is 0 Å². The number of nitrogens with two attached hydrogens (primary N) is 1. The highest BCUT2D eigenvalue weighted by molar-refractivity contribution is 7.16. The summed E-state index contributed by atoms with van der Waals surface area (Å²) in [6, 6.07) is 1.96. The minimum absolute atomic E-state index is 0.104. The fraction of sp³-hybridized carbons (Fsp3) is 0.571. The summed E-state index contributed by atoms with van der Waals surface area (Å²) >= 11 is 1.52. The van der Waals surface area contributed by atoms with Crippen molar-refractivity contribution in [3.8, 4) is 11.5 Å². The average molecular weight is 295 g/mol. The Balaban J connectivity index is 2.34. The van der Waals surface area contributed by atoms with Gasteiger partial charge in [-0.15, -0.1) is 11.3 Å². The number of anilines is 1. The Bertz CT molecular complexity index is 583. The van der Waals surface area contributed by atoms with Crippen LogP contribution in [0.3, 0.4) is 0 Å². The summed E-state index contributed by atoms with van der Waals surface area (Å²) in [6.07, 6.45) is -0.203. The smallest absolute Gasteiger partial charge is 0.261 e. The lowest BCUT2D eigenvalue weighted by atomic mass is 9.88. The molecule has 2 aromatic heterocycles. The second kappa shape index (κ2) is 5.54. The fourth-order valence-corrected chi connectivity index (χ4v) is 2.81. The van der Waals surface area contributed by atoms with Gasteiger partial charge in [0, 0.05) is 11.5 Å². The van der Waals surface area contributed by atoms with E-state index in [4.69, 9.17) is 15.0 Å². The van der Waals surface area contributed by atoms with Gasteiger partial charge in [-0.2, -0.15) is 4.98 Å². The van der Waals surface area contributed by atoms with E-state index in [9.17, 15) is 0 Å². The molecule has 0 saturated carbocycles. The van der Waals surface area contributed by atoms with Crippen LogP contribution in [0.25, 0.3) is 11.5 Å². The average Bonchev–Trinajstić information content (AvgIpc) is 2.91. The van der Waals surface area contributed by atoms with Crippen LogP contribution in [0.1, 0.15) is 44.5 Å². The molecule has 0 aliphatic rings. The molecule has 0 radical (unpaired) electrons. The summed E-state index contributed by atoms with van der Waals surface area (Å²) in [6.45, 7) is 10.8. The number of aryl methyl sites for hydroxylation is 1. The zero-order valence-electron chi connectivity index (χ0n) is 12.6. The van der Waals surface area contributed by atoms with Crippen LogP contribution in [0.4, 0.5) is 5.00 Å². The van der Waals surface area contributed by atoms with Crippen LogP contribution in [0.15, 0.2) is 10.6 Å². The molecule has 0 aromatic carbocycles. The summed E-state index contributed by atoms with van der Waals surface area (Å²) in [4.78, 5) is 5.58. The van der Waals surface area contributed by atoms with Gasteiger partial charge < -0.3 is 15.0 Å². The van der Waals surface area contributed by atoms with Crippen molar-refractivity contribution < 1.29 is 9.26 Å². The number of rotatable bonds is 4. The first-order valence-electron chi connectivity index (χ1n) is 6.64. The molecular formula is C14H21N3O2S. The molecule has 2 heterocycles. The number of ether oxygens (including phenoxy) is 1. The van der Waals surface area contributed by atoms with Gasteiger partial charge >= 0.3 is 0 Å². The molecule has 0 amide bonds. The van der Waals surface area contributed by atoms with E-state index in [0.29, 0.717) is 23.3 Å². The molecule has 0 fully saturated rings. The van der Waals surface area contributed by atoms with Gasteiger partial charge in [0.05, 0.1) is 10.6 Å². The Morgan fingerprint density at radius 3 is 2.65 bits per heavy atom. The molecule has 2 rings (SSSR count). The molecule has 1 atom stereocenters. The lowest BCUT2D eigenvalue weighted by Gasteiger charge is -2.27. The molecule has 0 saturated heterocycles. The lowest BCUT2D eigenvalue weighted by Crippen LogP contribution is -2.22. The molecule has 0 aliphatic carbocycles. The summed E-state index contributed by atoms with van der Waals surface area (Å²) in [5, 5.41) is 4.76. The predicted octanol–water partition coefficient (Wildman–Crippen LogP) is 3.81. The predicted molar refractivity (Wildman–Crippen MR) is 80.6 cm³/mol. The van der Waals surface area contributed by atoms with E-state index in [2.05, 4.69) is 30.9 Å². The third-order valence-corrected chi connectivity index (χ3v) is 3.79. The Hall–Kier alpha value is -1.40. The molecule has 5 nitrogen and oxygen atoms in total. The molecule has 2 N–H and O–H groups in total.